The molecule has 128 valence electrons. The van der Waals surface area contributed by atoms with Crippen molar-refractivity contribution in [2.75, 3.05) is 32.8 Å². The number of carbonyl (C=O) groups excluding carboxylic acids is 2. The molecular formula is C17H27N3O3. The maximum absolute atomic E-state index is 12.7. The Labute approximate surface area is 137 Å². The fraction of sp³-hybridized carbons (Fsp3) is 0.765. The van der Waals surface area contributed by atoms with Crippen LogP contribution >= 0.6 is 0 Å². The van der Waals surface area contributed by atoms with E-state index in [-0.39, 0.29) is 30.7 Å². The molecule has 0 aromatic heterocycles. The van der Waals surface area contributed by atoms with Gasteiger partial charge in [0.15, 0.2) is 0 Å². The summed E-state index contributed by atoms with van der Waals surface area (Å²) in [4.78, 5) is 28.0. The fourth-order valence-corrected chi connectivity index (χ4v) is 3.89. The number of rotatable bonds is 2. The van der Waals surface area contributed by atoms with E-state index in [1.807, 2.05) is 9.80 Å². The van der Waals surface area contributed by atoms with E-state index in [0.717, 1.165) is 38.8 Å². The molecule has 0 bridgehead atoms. The summed E-state index contributed by atoms with van der Waals surface area (Å²) < 4.78 is 5.55. The maximum atomic E-state index is 12.7. The molecule has 3 saturated heterocycles. The number of allylic oxidation sites excluding steroid dienone is 1. The normalized spacial score (nSPS) is 29.0. The first-order valence-electron chi connectivity index (χ1n) is 8.62. The van der Waals surface area contributed by atoms with Gasteiger partial charge >= 0.3 is 6.03 Å². The summed E-state index contributed by atoms with van der Waals surface area (Å²) in [5.41, 5.74) is 1.23. The third-order valence-electron chi connectivity index (χ3n) is 5.12. The smallest absolute Gasteiger partial charge is 0.320 e. The second kappa shape index (κ2) is 6.91. The van der Waals surface area contributed by atoms with Gasteiger partial charge in [-0.25, -0.2) is 4.79 Å². The second-order valence-electron chi connectivity index (χ2n) is 7.13. The predicted molar refractivity (Wildman–Crippen MR) is 87.0 cm³/mol. The summed E-state index contributed by atoms with van der Waals surface area (Å²) in [6.07, 6.45) is 4.02. The first-order chi connectivity index (χ1) is 11.0. The van der Waals surface area contributed by atoms with Gasteiger partial charge in [0, 0.05) is 26.2 Å². The molecular weight excluding hydrogens is 294 g/mol. The number of morpholine rings is 1. The quantitative estimate of drug-likeness (QED) is 0.782. The number of hydrogen-bond acceptors (Lipinski definition) is 3. The van der Waals surface area contributed by atoms with Crippen LogP contribution in [0.1, 0.15) is 32.6 Å². The highest BCUT2D eigenvalue weighted by molar-refractivity contribution is 5.79. The third-order valence-corrected chi connectivity index (χ3v) is 5.12. The first kappa shape index (κ1) is 16.3. The number of likely N-dealkylation sites (tertiary alicyclic amines) is 2. The highest BCUT2D eigenvalue weighted by Gasteiger charge is 2.37. The van der Waals surface area contributed by atoms with Gasteiger partial charge in [0.2, 0.25) is 5.91 Å². The summed E-state index contributed by atoms with van der Waals surface area (Å²) in [5.74, 6) is 0.578. The van der Waals surface area contributed by atoms with Crippen molar-refractivity contribution in [3.05, 3.63) is 12.2 Å². The number of piperidine rings is 2. The minimum absolute atomic E-state index is 0.0538. The Morgan fingerprint density at radius 2 is 1.96 bits per heavy atom. The van der Waals surface area contributed by atoms with Gasteiger partial charge in [0.1, 0.15) is 6.61 Å². The summed E-state index contributed by atoms with van der Waals surface area (Å²) >= 11 is 0. The van der Waals surface area contributed by atoms with E-state index in [0.29, 0.717) is 19.0 Å². The average molecular weight is 321 g/mol. The highest BCUT2D eigenvalue weighted by atomic mass is 16.5. The SMILES string of the molecule is C=C(C)CC1CCN(C(=O)N2CCC3OCC(=O)NC3C2)CC1. The lowest BCUT2D eigenvalue weighted by Crippen LogP contribution is -2.62. The number of urea groups is 1. The Morgan fingerprint density at radius 3 is 2.65 bits per heavy atom. The largest absolute Gasteiger partial charge is 0.366 e. The summed E-state index contributed by atoms with van der Waals surface area (Å²) in [7, 11) is 0. The van der Waals surface area contributed by atoms with E-state index >= 15 is 0 Å². The van der Waals surface area contributed by atoms with E-state index in [9.17, 15) is 9.59 Å². The molecule has 0 spiro atoms. The van der Waals surface area contributed by atoms with Crippen molar-refractivity contribution in [2.45, 2.75) is 44.8 Å². The van der Waals surface area contributed by atoms with Gasteiger partial charge in [0.05, 0.1) is 12.1 Å². The number of nitrogens with zero attached hydrogens (tertiary/aromatic N) is 2. The molecule has 6 heteroatoms. The molecule has 0 saturated carbocycles. The molecule has 3 rings (SSSR count). The van der Waals surface area contributed by atoms with Crippen LogP contribution in [0.15, 0.2) is 12.2 Å². The van der Waals surface area contributed by atoms with Crippen LogP contribution < -0.4 is 5.32 Å². The topological polar surface area (TPSA) is 61.9 Å². The lowest BCUT2D eigenvalue weighted by atomic mass is 9.91. The molecule has 3 heterocycles. The Balaban J connectivity index is 1.51. The van der Waals surface area contributed by atoms with Crippen LogP contribution in [0, 0.1) is 5.92 Å². The molecule has 2 unspecified atom stereocenters. The van der Waals surface area contributed by atoms with E-state index in [1.165, 1.54) is 5.57 Å². The molecule has 0 aromatic carbocycles. The first-order valence-corrected chi connectivity index (χ1v) is 8.62. The minimum Gasteiger partial charge on any atom is -0.366 e. The molecule has 3 fully saturated rings. The van der Waals surface area contributed by atoms with Crippen molar-refractivity contribution >= 4 is 11.9 Å². The standard InChI is InChI=1S/C17H27N3O3/c1-12(2)9-13-3-6-19(7-4-13)17(22)20-8-5-15-14(10-20)18-16(21)11-23-15/h13-15H,1,3-11H2,2H3,(H,18,21). The molecule has 0 radical (unpaired) electrons. The summed E-state index contributed by atoms with van der Waals surface area (Å²) in [6.45, 7) is 9.12. The van der Waals surface area contributed by atoms with Gasteiger partial charge < -0.3 is 19.9 Å². The van der Waals surface area contributed by atoms with E-state index in [4.69, 9.17) is 4.74 Å². The van der Waals surface area contributed by atoms with Crippen LogP contribution in [0.2, 0.25) is 0 Å². The van der Waals surface area contributed by atoms with E-state index < -0.39 is 0 Å². The van der Waals surface area contributed by atoms with Gasteiger partial charge in [-0.3, -0.25) is 4.79 Å². The van der Waals surface area contributed by atoms with Gasteiger partial charge in [-0.05, 0) is 38.5 Å². The number of carbonyl (C=O) groups is 2. The zero-order valence-electron chi connectivity index (χ0n) is 13.9. The van der Waals surface area contributed by atoms with Crippen molar-refractivity contribution in [3.8, 4) is 0 Å². The van der Waals surface area contributed by atoms with Crippen molar-refractivity contribution in [3.63, 3.8) is 0 Å². The van der Waals surface area contributed by atoms with Crippen LogP contribution in [0.4, 0.5) is 4.79 Å². The molecule has 1 N–H and O–H groups in total. The lowest BCUT2D eigenvalue weighted by molar-refractivity contribution is -0.139. The van der Waals surface area contributed by atoms with Gasteiger partial charge in [-0.15, -0.1) is 6.58 Å². The Kier molecular flexibility index (Phi) is 4.90. The maximum Gasteiger partial charge on any atom is 0.320 e. The number of hydrogen-bond donors (Lipinski definition) is 1. The minimum atomic E-state index is -0.0823. The summed E-state index contributed by atoms with van der Waals surface area (Å²) in [6, 6.07) is 0.0481. The van der Waals surface area contributed by atoms with E-state index in [2.05, 4.69) is 18.8 Å². The molecule has 23 heavy (non-hydrogen) atoms. The Bertz CT molecular complexity index is 485. The van der Waals surface area contributed by atoms with Crippen molar-refractivity contribution in [2.24, 2.45) is 5.92 Å². The van der Waals surface area contributed by atoms with Gasteiger partial charge in [0.25, 0.3) is 0 Å². The molecule has 6 nitrogen and oxygen atoms in total. The molecule has 3 amide bonds. The van der Waals surface area contributed by atoms with Crippen LogP contribution in [0.3, 0.4) is 0 Å². The zero-order valence-corrected chi connectivity index (χ0v) is 13.9. The number of ether oxygens (including phenoxy) is 1. The number of nitrogens with one attached hydrogen (secondary N) is 1. The molecule has 3 aliphatic heterocycles. The Hall–Kier alpha value is -1.56. The van der Waals surface area contributed by atoms with E-state index in [1.54, 1.807) is 0 Å². The van der Waals surface area contributed by atoms with Gasteiger partial charge in [-0.1, -0.05) is 5.57 Å². The van der Waals surface area contributed by atoms with Crippen LogP contribution in [0.25, 0.3) is 0 Å². The van der Waals surface area contributed by atoms with Crippen LogP contribution in [-0.4, -0.2) is 66.7 Å². The number of amides is 3. The molecule has 0 aromatic rings. The third kappa shape index (κ3) is 3.86. The second-order valence-corrected chi connectivity index (χ2v) is 7.13. The molecule has 0 aliphatic carbocycles. The highest BCUT2D eigenvalue weighted by Crippen LogP contribution is 2.25. The fourth-order valence-electron chi connectivity index (χ4n) is 3.89. The molecule has 2 atom stereocenters. The monoisotopic (exact) mass is 321 g/mol. The van der Waals surface area contributed by atoms with Crippen molar-refractivity contribution < 1.29 is 14.3 Å². The number of fused-ring (bicyclic) bond motifs is 1. The van der Waals surface area contributed by atoms with Gasteiger partial charge in [-0.2, -0.15) is 0 Å². The average Bonchev–Trinajstić information content (AvgIpc) is 2.53. The predicted octanol–water partition coefficient (Wildman–Crippen LogP) is 1.37. The van der Waals surface area contributed by atoms with Crippen LogP contribution in [-0.2, 0) is 9.53 Å². The molecule has 3 aliphatic rings. The summed E-state index contributed by atoms with van der Waals surface area (Å²) in [5, 5.41) is 2.95. The van der Waals surface area contributed by atoms with Crippen molar-refractivity contribution in [1.82, 2.24) is 15.1 Å². The Morgan fingerprint density at radius 1 is 1.26 bits per heavy atom. The zero-order chi connectivity index (χ0) is 16.4. The van der Waals surface area contributed by atoms with Crippen LogP contribution in [0.5, 0.6) is 0 Å². The lowest BCUT2D eigenvalue weighted by Gasteiger charge is -2.43. The van der Waals surface area contributed by atoms with Crippen molar-refractivity contribution in [1.29, 1.82) is 0 Å².